The molecule has 0 aliphatic carbocycles. The molecule has 1 atom stereocenters. The first-order chi connectivity index (χ1) is 14.0. The van der Waals surface area contributed by atoms with Crippen molar-refractivity contribution >= 4 is 28.5 Å². The number of hydrogen-bond acceptors (Lipinski definition) is 6. The summed E-state index contributed by atoms with van der Waals surface area (Å²) in [5.41, 5.74) is 1.12. The molecule has 3 aromatic rings. The summed E-state index contributed by atoms with van der Waals surface area (Å²) in [6.07, 6.45) is -0.878. The number of ether oxygens (including phenoxy) is 1. The Morgan fingerprint density at radius 1 is 1.24 bits per heavy atom. The van der Waals surface area contributed by atoms with Crippen molar-refractivity contribution < 1.29 is 14.3 Å². The first-order valence-corrected chi connectivity index (χ1v) is 8.94. The second kappa shape index (κ2) is 8.80. The van der Waals surface area contributed by atoms with Gasteiger partial charge in [0.2, 0.25) is 0 Å². The second-order valence-corrected chi connectivity index (χ2v) is 6.34. The highest BCUT2D eigenvalue weighted by Crippen LogP contribution is 2.11. The summed E-state index contributed by atoms with van der Waals surface area (Å²) in [6.45, 7) is 1.46. The van der Waals surface area contributed by atoms with Crippen molar-refractivity contribution in [3.05, 3.63) is 70.3 Å². The molecule has 0 saturated carbocycles. The van der Waals surface area contributed by atoms with E-state index in [4.69, 9.17) is 10.00 Å². The van der Waals surface area contributed by atoms with E-state index in [-0.39, 0.29) is 18.4 Å². The lowest BCUT2D eigenvalue weighted by molar-refractivity contribution is -0.153. The summed E-state index contributed by atoms with van der Waals surface area (Å²) >= 11 is 0. The maximum atomic E-state index is 12.2. The minimum atomic E-state index is -1.02. The van der Waals surface area contributed by atoms with Gasteiger partial charge in [-0.1, -0.05) is 18.2 Å². The minimum Gasteiger partial charge on any atom is -0.453 e. The van der Waals surface area contributed by atoms with Gasteiger partial charge in [0.15, 0.2) is 6.10 Å². The number of aromatic nitrogens is 2. The summed E-state index contributed by atoms with van der Waals surface area (Å²) in [5.74, 6) is -0.726. The summed E-state index contributed by atoms with van der Waals surface area (Å²) in [4.78, 5) is 43.3. The van der Waals surface area contributed by atoms with Crippen LogP contribution in [0.4, 0.5) is 5.69 Å². The number of fused-ring (bicyclic) bond motifs is 1. The van der Waals surface area contributed by atoms with Crippen molar-refractivity contribution in [1.82, 2.24) is 9.97 Å². The molecule has 2 aromatic carbocycles. The highest BCUT2D eigenvalue weighted by Gasteiger charge is 2.18. The fourth-order valence-electron chi connectivity index (χ4n) is 2.69. The Labute approximate surface area is 166 Å². The molecule has 1 heterocycles. The van der Waals surface area contributed by atoms with Gasteiger partial charge >= 0.3 is 5.97 Å². The number of H-pyrrole nitrogens is 1. The number of carbonyl (C=O) groups is 2. The number of nitriles is 1. The highest BCUT2D eigenvalue weighted by atomic mass is 16.5. The molecule has 0 unspecified atom stereocenters. The third kappa shape index (κ3) is 5.05. The Balaban J connectivity index is 1.55. The van der Waals surface area contributed by atoms with Gasteiger partial charge < -0.3 is 15.0 Å². The number of aryl methyl sites for hydroxylation is 1. The molecule has 1 amide bonds. The third-order valence-electron chi connectivity index (χ3n) is 4.16. The van der Waals surface area contributed by atoms with Gasteiger partial charge in [0, 0.05) is 12.1 Å². The molecular formula is C21H18N4O4. The molecule has 0 spiro atoms. The number of esters is 1. The molecule has 29 heavy (non-hydrogen) atoms. The first kappa shape index (κ1) is 19.8. The number of nitrogens with one attached hydrogen (secondary N) is 2. The number of amides is 1. The van der Waals surface area contributed by atoms with Gasteiger partial charge in [-0.3, -0.25) is 14.4 Å². The van der Waals surface area contributed by atoms with E-state index in [0.717, 1.165) is 0 Å². The van der Waals surface area contributed by atoms with Crippen LogP contribution in [-0.4, -0.2) is 27.9 Å². The van der Waals surface area contributed by atoms with Crippen molar-refractivity contribution in [3.8, 4) is 6.07 Å². The molecule has 3 rings (SSSR count). The van der Waals surface area contributed by atoms with E-state index < -0.39 is 18.0 Å². The maximum Gasteiger partial charge on any atom is 0.307 e. The van der Waals surface area contributed by atoms with Crippen LogP contribution in [0.25, 0.3) is 10.9 Å². The number of benzene rings is 2. The van der Waals surface area contributed by atoms with Crippen LogP contribution < -0.4 is 10.9 Å². The lowest BCUT2D eigenvalue weighted by Crippen LogP contribution is -2.30. The Morgan fingerprint density at radius 2 is 2.03 bits per heavy atom. The zero-order valence-corrected chi connectivity index (χ0v) is 15.6. The van der Waals surface area contributed by atoms with Crippen LogP contribution in [0, 0.1) is 11.3 Å². The lowest BCUT2D eigenvalue weighted by Gasteiger charge is -2.13. The Bertz CT molecular complexity index is 1160. The summed E-state index contributed by atoms with van der Waals surface area (Å²) < 4.78 is 5.14. The molecule has 146 valence electrons. The van der Waals surface area contributed by atoms with E-state index in [1.807, 2.05) is 6.07 Å². The molecular weight excluding hydrogens is 372 g/mol. The van der Waals surface area contributed by atoms with E-state index in [1.54, 1.807) is 42.5 Å². The van der Waals surface area contributed by atoms with Crippen LogP contribution in [0.15, 0.2) is 53.3 Å². The van der Waals surface area contributed by atoms with Gasteiger partial charge in [0.1, 0.15) is 5.82 Å². The Hall–Kier alpha value is -3.99. The summed E-state index contributed by atoms with van der Waals surface area (Å²) in [7, 11) is 0. The van der Waals surface area contributed by atoms with Crippen LogP contribution in [0.5, 0.6) is 0 Å². The van der Waals surface area contributed by atoms with E-state index in [2.05, 4.69) is 15.3 Å². The smallest absolute Gasteiger partial charge is 0.307 e. The van der Waals surface area contributed by atoms with Crippen molar-refractivity contribution in [2.75, 3.05) is 5.32 Å². The van der Waals surface area contributed by atoms with Crippen LogP contribution in [0.2, 0.25) is 0 Å². The fourth-order valence-corrected chi connectivity index (χ4v) is 2.69. The first-order valence-electron chi connectivity index (χ1n) is 8.94. The number of hydrogen-bond donors (Lipinski definition) is 2. The van der Waals surface area contributed by atoms with Gasteiger partial charge in [-0.25, -0.2) is 4.98 Å². The normalized spacial score (nSPS) is 11.4. The molecule has 0 bridgehead atoms. The molecule has 0 saturated heterocycles. The summed E-state index contributed by atoms with van der Waals surface area (Å²) in [6, 6.07) is 15.3. The molecule has 2 N–H and O–H groups in total. The van der Waals surface area contributed by atoms with Crippen molar-refractivity contribution in [2.45, 2.75) is 25.9 Å². The largest absolute Gasteiger partial charge is 0.453 e. The molecule has 0 aliphatic heterocycles. The van der Waals surface area contributed by atoms with Gasteiger partial charge in [0.05, 0.1) is 29.0 Å². The number of aromatic amines is 1. The highest BCUT2D eigenvalue weighted by molar-refractivity contribution is 5.95. The second-order valence-electron chi connectivity index (χ2n) is 6.34. The lowest BCUT2D eigenvalue weighted by atomic mass is 10.2. The SMILES string of the molecule is C[C@@H](OC(=O)CCc1nc2ccccc2c(=O)[nH]1)C(=O)Nc1cccc(C#N)c1. The van der Waals surface area contributed by atoms with Gasteiger partial charge in [-0.05, 0) is 37.3 Å². The Morgan fingerprint density at radius 3 is 2.83 bits per heavy atom. The fraction of sp³-hybridized carbons (Fsp3) is 0.190. The van der Waals surface area contributed by atoms with Crippen molar-refractivity contribution in [3.63, 3.8) is 0 Å². The molecule has 0 aliphatic rings. The molecule has 8 nitrogen and oxygen atoms in total. The van der Waals surface area contributed by atoms with E-state index in [1.165, 1.54) is 13.0 Å². The standard InChI is InChI=1S/C21H18N4O4/c1-13(20(27)23-15-6-4-5-14(11-15)12-22)29-19(26)10-9-18-24-17-8-3-2-7-16(17)21(28)25-18/h2-8,11,13H,9-10H2,1H3,(H,23,27)(H,24,25,28)/t13-/m1/s1. The number of rotatable bonds is 6. The van der Waals surface area contributed by atoms with E-state index in [0.29, 0.717) is 28.0 Å². The molecule has 8 heteroatoms. The molecule has 0 radical (unpaired) electrons. The monoisotopic (exact) mass is 390 g/mol. The molecule has 1 aromatic heterocycles. The van der Waals surface area contributed by atoms with Gasteiger partial charge in [0.25, 0.3) is 11.5 Å². The topological polar surface area (TPSA) is 125 Å². The maximum absolute atomic E-state index is 12.2. The quantitative estimate of drug-likeness (QED) is 0.622. The zero-order chi connectivity index (χ0) is 20.8. The number of anilines is 1. The predicted octanol–water partition coefficient (Wildman–Crippen LogP) is 2.30. The van der Waals surface area contributed by atoms with Crippen molar-refractivity contribution in [1.29, 1.82) is 5.26 Å². The van der Waals surface area contributed by atoms with Crippen LogP contribution in [0.3, 0.4) is 0 Å². The average Bonchev–Trinajstić information content (AvgIpc) is 2.72. The third-order valence-corrected chi connectivity index (χ3v) is 4.16. The van der Waals surface area contributed by atoms with Crippen LogP contribution >= 0.6 is 0 Å². The number of para-hydroxylation sites is 1. The number of nitrogens with zero attached hydrogens (tertiary/aromatic N) is 2. The minimum absolute atomic E-state index is 0.0389. The van der Waals surface area contributed by atoms with Crippen LogP contribution in [-0.2, 0) is 20.7 Å². The van der Waals surface area contributed by atoms with Crippen molar-refractivity contribution in [2.24, 2.45) is 0 Å². The number of carbonyl (C=O) groups excluding carboxylic acids is 2. The van der Waals surface area contributed by atoms with Gasteiger partial charge in [-0.2, -0.15) is 5.26 Å². The van der Waals surface area contributed by atoms with E-state index >= 15 is 0 Å². The van der Waals surface area contributed by atoms with Gasteiger partial charge in [-0.15, -0.1) is 0 Å². The van der Waals surface area contributed by atoms with Crippen LogP contribution in [0.1, 0.15) is 24.7 Å². The predicted molar refractivity (Wildman–Crippen MR) is 106 cm³/mol. The average molecular weight is 390 g/mol. The molecule has 0 fully saturated rings. The zero-order valence-electron chi connectivity index (χ0n) is 15.6. The van der Waals surface area contributed by atoms with E-state index in [9.17, 15) is 14.4 Å². The Kier molecular flexibility index (Phi) is 6.00. The summed E-state index contributed by atoms with van der Waals surface area (Å²) in [5, 5.41) is 12.0.